The van der Waals surface area contributed by atoms with Crippen molar-refractivity contribution in [1.82, 2.24) is 19.9 Å². The molecule has 16 rings (SSSR count). The molecule has 706 valence electrons. The Labute approximate surface area is 846 Å². The third-order valence-corrected chi connectivity index (χ3v) is 23.5. The number of aliphatic hydroxyl groups is 4. The molecule has 0 saturated heterocycles. The first kappa shape index (κ1) is 113. The zero-order chi connectivity index (χ0) is 95.2. The Morgan fingerprint density at radius 1 is 0.388 bits per heavy atom. The molecule has 15 aromatic rings. The Bertz CT molecular complexity index is 6640. The van der Waals surface area contributed by atoms with Crippen LogP contribution < -0.4 is 0 Å². The van der Waals surface area contributed by atoms with Crippen LogP contribution in [0.1, 0.15) is 184 Å². The van der Waals surface area contributed by atoms with Crippen molar-refractivity contribution in [3.05, 3.63) is 360 Å². The minimum Gasteiger partial charge on any atom is -0.512 e. The molecule has 0 amide bonds. The average molecular weight is 2510 g/mol. The van der Waals surface area contributed by atoms with E-state index in [4.69, 9.17) is 29.8 Å². The molecular formula is C117H127FIr4N4O8. The zero-order valence-corrected chi connectivity index (χ0v) is 90.5. The van der Waals surface area contributed by atoms with E-state index in [1.54, 1.807) is 18.3 Å². The normalized spacial score (nSPS) is 12.1. The average Bonchev–Trinajstić information content (AvgIpc) is 1.52. The van der Waals surface area contributed by atoms with Gasteiger partial charge in [-0.05, 0) is 191 Å². The minimum absolute atomic E-state index is 0. The quantitative estimate of drug-likeness (QED) is 0.0269. The van der Waals surface area contributed by atoms with Gasteiger partial charge in [-0.3, -0.25) is 29.1 Å². The first-order valence-electron chi connectivity index (χ1n) is 44.4. The molecule has 8 N–H and O–H groups in total. The molecule has 4 aromatic heterocycles. The van der Waals surface area contributed by atoms with Crippen LogP contribution in [0.25, 0.3) is 121 Å². The first-order valence-corrected chi connectivity index (χ1v) is 44.4. The number of aliphatic hydroxyl groups excluding tert-OH is 4. The van der Waals surface area contributed by atoms with Crippen LogP contribution in [0.5, 0.6) is 0 Å². The summed E-state index contributed by atoms with van der Waals surface area (Å²) >= 11 is 0. The number of halogens is 1. The second-order valence-electron chi connectivity index (χ2n) is 36.4. The van der Waals surface area contributed by atoms with Crippen LogP contribution in [0.15, 0.2) is 296 Å². The number of nitrogens with zero attached hydrogens (tertiary/aromatic N) is 4. The van der Waals surface area contributed by atoms with Gasteiger partial charge in [0.1, 0.15) is 17.3 Å². The molecule has 0 bridgehead atoms. The van der Waals surface area contributed by atoms with Crippen LogP contribution in [0.4, 0.5) is 4.39 Å². The molecule has 0 spiro atoms. The molecule has 1 aliphatic rings. The van der Waals surface area contributed by atoms with Gasteiger partial charge in [0.15, 0.2) is 0 Å². The van der Waals surface area contributed by atoms with Crippen molar-refractivity contribution in [3.8, 4) is 56.2 Å². The molecule has 11 aromatic carbocycles. The van der Waals surface area contributed by atoms with E-state index in [0.29, 0.717) is 11.5 Å². The first-order chi connectivity index (χ1) is 61.5. The van der Waals surface area contributed by atoms with Gasteiger partial charge < -0.3 is 30.4 Å². The number of allylic oxidation sites excluding steroid dienone is 8. The Balaban J connectivity index is 0.000000277. The Morgan fingerprint density at radius 2 is 0.828 bits per heavy atom. The van der Waals surface area contributed by atoms with Crippen molar-refractivity contribution in [1.29, 1.82) is 0 Å². The van der Waals surface area contributed by atoms with E-state index in [9.17, 15) is 24.2 Å². The fraction of sp³-hybridized carbons (Fsp3) is 0.265. The summed E-state index contributed by atoms with van der Waals surface area (Å²) in [5.41, 5.74) is 19.0. The third-order valence-electron chi connectivity index (χ3n) is 23.5. The van der Waals surface area contributed by atoms with E-state index in [-0.39, 0.29) is 148 Å². The number of hydrogen-bond acceptors (Lipinski definition) is 8. The van der Waals surface area contributed by atoms with Gasteiger partial charge in [0.2, 0.25) is 0 Å². The third kappa shape index (κ3) is 30.5. The van der Waals surface area contributed by atoms with Gasteiger partial charge in [-0.15, -0.1) is 135 Å². The predicted molar refractivity (Wildman–Crippen MR) is 545 cm³/mol. The molecule has 0 fully saturated rings. The van der Waals surface area contributed by atoms with Gasteiger partial charge in [0.25, 0.3) is 0 Å². The number of aromatic nitrogens is 4. The summed E-state index contributed by atoms with van der Waals surface area (Å²) in [6.45, 7) is 42.6. The second-order valence-corrected chi connectivity index (χ2v) is 36.4. The van der Waals surface area contributed by atoms with Crippen molar-refractivity contribution in [3.63, 3.8) is 0 Å². The molecule has 134 heavy (non-hydrogen) atoms. The molecule has 0 saturated carbocycles. The van der Waals surface area contributed by atoms with Crippen molar-refractivity contribution in [2.45, 2.75) is 183 Å². The van der Waals surface area contributed by atoms with Crippen LogP contribution in [-0.4, -0.2) is 82.7 Å². The Hall–Kier alpha value is -11.1. The number of hydrogen-bond donors (Lipinski definition) is 4. The van der Waals surface area contributed by atoms with Crippen molar-refractivity contribution >= 4 is 88.0 Å². The summed E-state index contributed by atoms with van der Waals surface area (Å²) in [6.07, 6.45) is 12.7. The number of para-hydroxylation sites is 2. The predicted octanol–water partition coefficient (Wildman–Crippen LogP) is 30.5. The summed E-state index contributed by atoms with van der Waals surface area (Å²) in [7, 11) is 0. The number of ketones is 4. The molecular weight excluding hydrogens is 2380 g/mol. The summed E-state index contributed by atoms with van der Waals surface area (Å²) < 4.78 is 13.7. The maximum Gasteiger partial charge on any atom is 0.325 e. The molecule has 17 heteroatoms. The van der Waals surface area contributed by atoms with E-state index in [1.165, 1.54) is 118 Å². The van der Waals surface area contributed by atoms with Crippen molar-refractivity contribution < 1.29 is 124 Å². The van der Waals surface area contributed by atoms with Gasteiger partial charge in [0.05, 0.1) is 71.5 Å². The van der Waals surface area contributed by atoms with E-state index < -0.39 is 0 Å². The van der Waals surface area contributed by atoms with E-state index >= 15 is 0 Å². The number of benzene rings is 11. The fourth-order valence-corrected chi connectivity index (χ4v) is 15.0. The summed E-state index contributed by atoms with van der Waals surface area (Å²) in [5, 5.41) is 47.8. The minimum atomic E-state index is -0.306. The fourth-order valence-electron chi connectivity index (χ4n) is 15.0. The Morgan fingerprint density at radius 3 is 1.31 bits per heavy atom. The topological polar surface area (TPSA) is 218 Å². The molecule has 12 nitrogen and oxygen atoms in total. The molecule has 0 aliphatic heterocycles. The largest absolute Gasteiger partial charge is 0.512 e. The van der Waals surface area contributed by atoms with E-state index in [0.717, 1.165) is 114 Å². The zero-order valence-electron chi connectivity index (χ0n) is 80.9. The van der Waals surface area contributed by atoms with Crippen LogP contribution in [0, 0.1) is 79.4 Å². The number of fused-ring (bicyclic) bond motifs is 11. The number of carbonyl (C=O) groups excluding carboxylic acids is 4. The van der Waals surface area contributed by atoms with Crippen LogP contribution >= 0.6 is 0 Å². The van der Waals surface area contributed by atoms with E-state index in [2.05, 4.69) is 254 Å². The number of pyridine rings is 4. The second kappa shape index (κ2) is 51.0. The smallest absolute Gasteiger partial charge is 0.325 e. The number of rotatable bonds is 14. The molecule has 0 unspecified atom stereocenters. The van der Waals surface area contributed by atoms with Crippen LogP contribution in [-0.2, 0) is 85.8 Å². The summed E-state index contributed by atoms with van der Waals surface area (Å²) in [4.78, 5) is 55.2. The maximum atomic E-state index is 13.7. The van der Waals surface area contributed by atoms with Crippen LogP contribution in [0.2, 0.25) is 0 Å². The monoisotopic (exact) mass is 2510 g/mol. The van der Waals surface area contributed by atoms with Crippen molar-refractivity contribution in [2.75, 3.05) is 0 Å². The summed E-state index contributed by atoms with van der Waals surface area (Å²) in [6, 6.07) is 93.6. The van der Waals surface area contributed by atoms with Gasteiger partial charge in [-0.2, -0.15) is 0 Å². The molecule has 1 aliphatic carbocycles. The van der Waals surface area contributed by atoms with Gasteiger partial charge >= 0.3 is 23.1 Å². The Kier molecular flexibility index (Phi) is 43.2. The summed E-state index contributed by atoms with van der Waals surface area (Å²) in [5.74, 6) is 1.29. The molecule has 0 atom stereocenters. The van der Waals surface area contributed by atoms with Gasteiger partial charge in [0, 0.05) is 104 Å². The molecule has 4 heterocycles. The van der Waals surface area contributed by atoms with Crippen LogP contribution in [0.3, 0.4) is 0 Å². The SMILES string of the molecule is CC(=[OH+])C=C(C)O.CC(=[OH+])C=C(C)O.CC(C)(C)C(=[OH+])C=C(O)C(C)(C)C.CC1(C)c2ccccc2-c2c[c-]c(-c3ccc4ccccc4n3)cc21.CCC(C)(CC)C(=[OH+])C=C(O)C(C)(CC)CC.Cc1[c-]c(-c2ccc3ccccc3n2)cc(C)c1.Cc1[c-]c(-c2nccc3c2ccc2ccc(F)cc23)cc(C)c1.[Ir].[Ir].[Ir].[Ir].[c-]1ccccc1-c1nccc2c1ccc1ccccc12. The van der Waals surface area contributed by atoms with Gasteiger partial charge in [-0.25, -0.2) is 4.39 Å². The van der Waals surface area contributed by atoms with Crippen molar-refractivity contribution in [2.24, 2.45) is 21.7 Å². The molecule has 4 radical (unpaired) electrons. The maximum absolute atomic E-state index is 13.7. The van der Waals surface area contributed by atoms with Gasteiger partial charge in [-0.1, -0.05) is 248 Å². The number of aryl methyl sites for hydroxylation is 4. The standard InChI is InChI=1S/C24H18N.C21H15FN.C19H12N.C17H14N.C15H28O2.C11H20O2.2C5H8O2.4Ir/c1-24(2)20-9-5-4-8-18(20)19-13-11-17(15-21(19)24)23-14-12-16-7-3-6-10-22(16)25-23;1-13-9-14(2)11-16(10-13)21-19-6-4-15-3-5-17(22)12-20(15)18(19)7-8-23-21;1-2-7-15(8-3-1)19-18-11-10-14-6-4-5-9-16(14)17(18)12-13-20-19;1-12-9-13(2)11-15(10-12)17-8-7-14-5-3-4-6-16(14)18-17;1-7-14(5,8-2)12(16)11-13(17)15(6,9-3)10-4;1-10(2,3)8(12)7-9(13)11(4,5)6;2*1-4(6)3-5(2)7;;;;/h3-10,12-15H,1-2H3;3-10,12H,1-2H3;1-7,9-13H;3-10H,1-2H3;11,16H,7-10H2,1-6H3;7,12H,1-6H3;2*3,6H,1-2H3;;;;/q4*-1;;;;;;;;/p+4. The van der Waals surface area contributed by atoms with E-state index in [1.807, 2.05) is 135 Å².